The van der Waals surface area contributed by atoms with Crippen molar-refractivity contribution >= 4 is 18.5 Å². The molecule has 0 bridgehead atoms. The average Bonchev–Trinajstić information content (AvgIpc) is 1.98. The Balaban J connectivity index is 4.77. The first-order valence-electron chi connectivity index (χ1n) is 3.58. The Labute approximate surface area is 87.6 Å². The number of rotatable bonds is 4. The van der Waals surface area contributed by atoms with Crippen LogP contribution in [0.4, 0.5) is 14.4 Å². The van der Waals surface area contributed by atoms with Crippen molar-refractivity contribution < 1.29 is 49.0 Å². The normalized spacial score (nSPS) is 13.7. The maximum Gasteiger partial charge on any atom is 0.509 e. The quantitative estimate of drug-likeness (QED) is 0.391. The van der Waals surface area contributed by atoms with Crippen LogP contribution in [0.3, 0.4) is 0 Å². The Morgan fingerprint density at radius 3 is 1.62 bits per heavy atom. The van der Waals surface area contributed by atoms with E-state index in [1.54, 1.807) is 0 Å². The van der Waals surface area contributed by atoms with E-state index in [2.05, 4.69) is 14.2 Å². The van der Waals surface area contributed by atoms with Crippen molar-refractivity contribution in [1.82, 2.24) is 0 Å². The molecular formula is C6H8O10. The monoisotopic (exact) mass is 240 g/mol. The van der Waals surface area contributed by atoms with Crippen LogP contribution < -0.4 is 0 Å². The minimum Gasteiger partial charge on any atom is -0.450 e. The highest BCUT2D eigenvalue weighted by Crippen LogP contribution is 2.17. The molecule has 16 heavy (non-hydrogen) atoms. The Morgan fingerprint density at radius 1 is 1.00 bits per heavy atom. The van der Waals surface area contributed by atoms with E-state index in [0.717, 1.165) is 0 Å². The zero-order valence-corrected chi connectivity index (χ0v) is 7.82. The lowest BCUT2D eigenvalue weighted by Gasteiger charge is -2.27. The average molecular weight is 240 g/mol. The van der Waals surface area contributed by atoms with Crippen molar-refractivity contribution in [2.24, 2.45) is 0 Å². The molecule has 0 aliphatic rings. The van der Waals surface area contributed by atoms with Crippen molar-refractivity contribution in [2.45, 2.75) is 19.0 Å². The number of aliphatic hydroxyl groups is 1. The van der Waals surface area contributed by atoms with Crippen molar-refractivity contribution in [2.75, 3.05) is 0 Å². The molecule has 0 aromatic rings. The second-order valence-electron chi connectivity index (χ2n) is 2.52. The first-order chi connectivity index (χ1) is 7.15. The summed E-state index contributed by atoms with van der Waals surface area (Å²) in [6.45, 7) is 0.650. The van der Waals surface area contributed by atoms with Crippen molar-refractivity contribution in [3.8, 4) is 0 Å². The lowest BCUT2D eigenvalue weighted by Crippen LogP contribution is -2.48. The number of carbonyl (C=O) groups is 3. The molecule has 92 valence electrons. The summed E-state index contributed by atoms with van der Waals surface area (Å²) in [5.74, 6) is -2.80. The van der Waals surface area contributed by atoms with Gasteiger partial charge in [0.15, 0.2) is 0 Å². The first-order valence-corrected chi connectivity index (χ1v) is 3.58. The van der Waals surface area contributed by atoms with Gasteiger partial charge in [0.2, 0.25) is 0 Å². The van der Waals surface area contributed by atoms with Gasteiger partial charge in [0, 0.05) is 6.92 Å². The second kappa shape index (κ2) is 5.02. The maximum atomic E-state index is 10.1. The molecule has 0 heterocycles. The molecule has 0 fully saturated rings. The third-order valence-corrected chi connectivity index (χ3v) is 1.15. The topological polar surface area (TPSA) is 160 Å². The van der Waals surface area contributed by atoms with Crippen LogP contribution in [-0.4, -0.2) is 51.0 Å². The minimum atomic E-state index is -2.80. The minimum absolute atomic E-state index is 0.650. The van der Waals surface area contributed by atoms with Gasteiger partial charge >= 0.3 is 24.8 Å². The molecule has 0 amide bonds. The van der Waals surface area contributed by atoms with E-state index < -0.39 is 30.5 Å². The molecule has 0 saturated carbocycles. The van der Waals surface area contributed by atoms with E-state index >= 15 is 0 Å². The number of hydrogen-bond acceptors (Lipinski definition) is 7. The zero-order valence-electron chi connectivity index (χ0n) is 7.82. The maximum absolute atomic E-state index is 10.1. The van der Waals surface area contributed by atoms with Crippen LogP contribution >= 0.6 is 0 Å². The molecule has 0 rings (SSSR count). The van der Waals surface area contributed by atoms with Crippen molar-refractivity contribution in [3.05, 3.63) is 0 Å². The van der Waals surface area contributed by atoms with Crippen LogP contribution in [0.2, 0.25) is 0 Å². The van der Waals surface area contributed by atoms with E-state index in [4.69, 9.17) is 15.3 Å². The lowest BCUT2D eigenvalue weighted by molar-refractivity contribution is -0.283. The summed E-state index contributed by atoms with van der Waals surface area (Å²) in [7, 11) is 0. The summed E-state index contributed by atoms with van der Waals surface area (Å²) < 4.78 is 11.4. The summed E-state index contributed by atoms with van der Waals surface area (Å²) in [6, 6.07) is 0. The summed E-state index contributed by atoms with van der Waals surface area (Å²) in [5, 5.41) is 33.8. The predicted molar refractivity (Wildman–Crippen MR) is 41.7 cm³/mol. The highest BCUT2D eigenvalue weighted by Gasteiger charge is 2.43. The molecule has 10 heteroatoms. The van der Waals surface area contributed by atoms with E-state index in [9.17, 15) is 19.5 Å². The Kier molecular flexibility index (Phi) is 4.32. The van der Waals surface area contributed by atoms with Crippen LogP contribution in [0.1, 0.15) is 6.92 Å². The second-order valence-corrected chi connectivity index (χ2v) is 2.52. The van der Waals surface area contributed by atoms with Gasteiger partial charge in [0.25, 0.3) is 5.79 Å². The third kappa shape index (κ3) is 4.85. The summed E-state index contributed by atoms with van der Waals surface area (Å²) >= 11 is 0. The highest BCUT2D eigenvalue weighted by molar-refractivity contribution is 5.60. The van der Waals surface area contributed by atoms with E-state index in [0.29, 0.717) is 6.92 Å². The summed E-state index contributed by atoms with van der Waals surface area (Å²) in [5.41, 5.74) is 0. The molecule has 0 radical (unpaired) electrons. The first kappa shape index (κ1) is 13.8. The van der Waals surface area contributed by atoms with Gasteiger partial charge in [-0.2, -0.15) is 0 Å². The predicted octanol–water partition coefficient (Wildman–Crippen LogP) is 0.105. The number of ether oxygens (including phenoxy) is 3. The molecule has 0 saturated heterocycles. The van der Waals surface area contributed by atoms with E-state index in [1.807, 2.05) is 0 Å². The molecular weight excluding hydrogens is 232 g/mol. The van der Waals surface area contributed by atoms with Gasteiger partial charge in [-0.15, -0.1) is 0 Å². The fourth-order valence-corrected chi connectivity index (χ4v) is 0.651. The van der Waals surface area contributed by atoms with Crippen molar-refractivity contribution in [1.29, 1.82) is 0 Å². The largest absolute Gasteiger partial charge is 0.509 e. The van der Waals surface area contributed by atoms with Crippen LogP contribution in [0.15, 0.2) is 0 Å². The standard InChI is InChI=1S/C6H8O10/c1-6(13,16-5(11)12)2(14-3(7)8)15-4(9)10/h2,13H,1H3,(H,7,8)(H,9,10)(H,11,12). The van der Waals surface area contributed by atoms with E-state index in [1.165, 1.54) is 0 Å². The smallest absolute Gasteiger partial charge is 0.450 e. The van der Waals surface area contributed by atoms with Crippen LogP contribution in [0.5, 0.6) is 0 Å². The number of hydrogen-bond donors (Lipinski definition) is 4. The lowest BCUT2D eigenvalue weighted by atomic mass is 10.3. The summed E-state index contributed by atoms with van der Waals surface area (Å²) in [6.07, 6.45) is -8.31. The molecule has 0 aliphatic heterocycles. The molecule has 0 aromatic carbocycles. The zero-order chi connectivity index (χ0) is 12.9. The van der Waals surface area contributed by atoms with Gasteiger partial charge in [-0.05, 0) is 0 Å². The van der Waals surface area contributed by atoms with Gasteiger partial charge in [-0.25, -0.2) is 14.4 Å². The Hall–Kier alpha value is -2.23. The molecule has 1 atom stereocenters. The fraction of sp³-hybridized carbons (Fsp3) is 0.500. The van der Waals surface area contributed by atoms with Gasteiger partial charge in [-0.3, -0.25) is 0 Å². The van der Waals surface area contributed by atoms with Gasteiger partial charge in [0.1, 0.15) is 0 Å². The highest BCUT2D eigenvalue weighted by atomic mass is 16.8. The molecule has 10 nitrogen and oxygen atoms in total. The van der Waals surface area contributed by atoms with Crippen LogP contribution in [0, 0.1) is 0 Å². The van der Waals surface area contributed by atoms with Gasteiger partial charge in [-0.1, -0.05) is 0 Å². The van der Waals surface area contributed by atoms with Gasteiger partial charge < -0.3 is 34.6 Å². The third-order valence-electron chi connectivity index (χ3n) is 1.15. The van der Waals surface area contributed by atoms with Gasteiger partial charge in [0.05, 0.1) is 0 Å². The number of carboxylic acid groups (broad SMARTS) is 3. The Bertz CT molecular complexity index is 278. The van der Waals surface area contributed by atoms with E-state index in [-0.39, 0.29) is 0 Å². The molecule has 0 aromatic heterocycles. The van der Waals surface area contributed by atoms with Crippen molar-refractivity contribution in [3.63, 3.8) is 0 Å². The fourth-order valence-electron chi connectivity index (χ4n) is 0.651. The Morgan fingerprint density at radius 2 is 1.38 bits per heavy atom. The van der Waals surface area contributed by atoms with Crippen LogP contribution in [-0.2, 0) is 14.2 Å². The molecule has 1 unspecified atom stereocenters. The van der Waals surface area contributed by atoms with Crippen LogP contribution in [0.25, 0.3) is 0 Å². The molecule has 0 spiro atoms. The SMILES string of the molecule is CC(O)(OC(=O)O)C(OC(=O)O)OC(=O)O. The summed E-state index contributed by atoms with van der Waals surface area (Å²) in [4.78, 5) is 30.3. The molecule has 4 N–H and O–H groups in total. The molecule has 0 aliphatic carbocycles.